The molecule has 0 rings (SSSR count). The number of aliphatic hydroxyl groups excluding tert-OH is 1. The van der Waals surface area contributed by atoms with Crippen LogP contribution in [0, 0.1) is 0 Å². The molecule has 0 atom stereocenters. The Bertz CT molecular complexity index is 988. The summed E-state index contributed by atoms with van der Waals surface area (Å²) in [5.74, 6) is 0. The average molecular weight is 1180 g/mol. The van der Waals surface area contributed by atoms with Gasteiger partial charge in [0.25, 0.3) is 0 Å². The van der Waals surface area contributed by atoms with Crippen LogP contribution in [0.5, 0.6) is 0 Å². The summed E-state index contributed by atoms with van der Waals surface area (Å²) >= 11 is 0. The SMILES string of the molecule is CCCCCCCCCCCCCCOCCOCCOCCOCCOCCOCCOCCOCCOCCOCCOCCOCCOCCOCCOCCOCCOCCOCCOCCOCCOCCOCCO. The molecular weight excluding hydrogens is 1060 g/mol. The summed E-state index contributed by atoms with van der Waals surface area (Å²) in [4.78, 5) is 0. The number of ether oxygens (including phenoxy) is 22. The van der Waals surface area contributed by atoms with Gasteiger partial charge >= 0.3 is 0 Å². The molecule has 0 aliphatic carbocycles. The Kier molecular flexibility index (Phi) is 78.2. The summed E-state index contributed by atoms with van der Waals surface area (Å²) in [5, 5.41) is 8.61. The third-order valence-electron chi connectivity index (χ3n) is 11.2. The normalized spacial score (nSPS) is 11.8. The van der Waals surface area contributed by atoms with Crippen LogP contribution < -0.4 is 0 Å². The molecule has 0 aromatic carbocycles. The van der Waals surface area contributed by atoms with E-state index in [4.69, 9.17) is 109 Å². The van der Waals surface area contributed by atoms with Crippen molar-refractivity contribution in [1.82, 2.24) is 0 Å². The molecule has 0 unspecified atom stereocenters. The van der Waals surface area contributed by atoms with Gasteiger partial charge in [-0.2, -0.15) is 0 Å². The lowest BCUT2D eigenvalue weighted by Crippen LogP contribution is -2.16. The molecule has 0 saturated heterocycles. The Morgan fingerprint density at radius 1 is 0.136 bits per heavy atom. The number of hydrogen-bond acceptors (Lipinski definition) is 23. The maximum atomic E-state index is 8.61. The predicted molar refractivity (Wildman–Crippen MR) is 306 cm³/mol. The van der Waals surface area contributed by atoms with E-state index in [0.29, 0.717) is 284 Å². The number of aliphatic hydroxyl groups is 1. The van der Waals surface area contributed by atoms with Crippen molar-refractivity contribution in [2.75, 3.05) is 297 Å². The lowest BCUT2D eigenvalue weighted by molar-refractivity contribution is -0.0318. The average Bonchev–Trinajstić information content (AvgIpc) is 3.48. The van der Waals surface area contributed by atoms with Gasteiger partial charge in [0.2, 0.25) is 0 Å². The summed E-state index contributed by atoms with van der Waals surface area (Å²) in [6, 6.07) is 0. The second-order valence-corrected chi connectivity index (χ2v) is 18.1. The third kappa shape index (κ3) is 79.1. The monoisotopic (exact) mass is 1180 g/mol. The minimum absolute atomic E-state index is 0.0193. The van der Waals surface area contributed by atoms with Gasteiger partial charge < -0.3 is 109 Å². The van der Waals surface area contributed by atoms with Crippen molar-refractivity contribution in [2.45, 2.75) is 84.0 Å². The maximum absolute atomic E-state index is 8.61. The topological polar surface area (TPSA) is 223 Å². The largest absolute Gasteiger partial charge is 0.394 e. The first kappa shape index (κ1) is 80.1. The molecule has 0 saturated carbocycles. The van der Waals surface area contributed by atoms with Crippen molar-refractivity contribution in [3.63, 3.8) is 0 Å². The van der Waals surface area contributed by atoms with Crippen LogP contribution in [0.4, 0.5) is 0 Å². The first-order valence-electron chi connectivity index (χ1n) is 30.7. The van der Waals surface area contributed by atoms with Crippen molar-refractivity contribution >= 4 is 0 Å². The minimum Gasteiger partial charge on any atom is -0.394 e. The molecule has 0 heterocycles. The van der Waals surface area contributed by atoms with E-state index in [-0.39, 0.29) is 6.61 Å². The summed E-state index contributed by atoms with van der Waals surface area (Å²) in [7, 11) is 0. The number of hydrogen-bond donors (Lipinski definition) is 1. The van der Waals surface area contributed by atoms with Crippen molar-refractivity contribution in [1.29, 1.82) is 0 Å². The molecule has 0 aliphatic heterocycles. The van der Waals surface area contributed by atoms with Crippen LogP contribution in [-0.2, 0) is 104 Å². The first-order valence-corrected chi connectivity index (χ1v) is 30.7. The molecule has 0 spiro atoms. The fourth-order valence-electron chi connectivity index (χ4n) is 6.83. The minimum atomic E-state index is 0.0193. The molecule has 0 radical (unpaired) electrons. The molecule has 0 aromatic rings. The zero-order valence-corrected chi connectivity index (χ0v) is 50.7. The lowest BCUT2D eigenvalue weighted by Gasteiger charge is -2.09. The Labute approximate surface area is 489 Å². The van der Waals surface area contributed by atoms with E-state index in [1.54, 1.807) is 0 Å². The lowest BCUT2D eigenvalue weighted by atomic mass is 10.1. The molecule has 488 valence electrons. The second kappa shape index (κ2) is 79.1. The molecule has 0 aromatic heterocycles. The van der Waals surface area contributed by atoms with Crippen molar-refractivity contribution in [2.24, 2.45) is 0 Å². The highest BCUT2D eigenvalue weighted by molar-refractivity contribution is 4.49. The number of rotatable bonds is 78. The molecule has 0 bridgehead atoms. The Morgan fingerprint density at radius 2 is 0.247 bits per heavy atom. The van der Waals surface area contributed by atoms with Gasteiger partial charge in [0.15, 0.2) is 0 Å². The van der Waals surface area contributed by atoms with Crippen LogP contribution in [0.25, 0.3) is 0 Å². The van der Waals surface area contributed by atoms with Gasteiger partial charge in [-0.1, -0.05) is 77.6 Å². The molecule has 1 N–H and O–H groups in total. The number of unbranched alkanes of at least 4 members (excludes halogenated alkanes) is 11. The van der Waals surface area contributed by atoms with Crippen molar-refractivity contribution in [3.05, 3.63) is 0 Å². The highest BCUT2D eigenvalue weighted by Gasteiger charge is 2.01. The van der Waals surface area contributed by atoms with Crippen LogP contribution in [-0.4, -0.2) is 302 Å². The van der Waals surface area contributed by atoms with E-state index in [2.05, 4.69) is 6.92 Å². The Balaban J connectivity index is 3.08. The predicted octanol–water partition coefficient (Wildman–Crippen LogP) is 5.05. The molecule has 0 fully saturated rings. The van der Waals surface area contributed by atoms with Crippen LogP contribution in [0.2, 0.25) is 0 Å². The van der Waals surface area contributed by atoms with E-state index in [9.17, 15) is 0 Å². The van der Waals surface area contributed by atoms with E-state index in [1.165, 1.54) is 70.6 Å². The van der Waals surface area contributed by atoms with Gasteiger partial charge in [0, 0.05) is 6.61 Å². The van der Waals surface area contributed by atoms with E-state index < -0.39 is 0 Å². The van der Waals surface area contributed by atoms with Crippen molar-refractivity contribution < 1.29 is 109 Å². The highest BCUT2D eigenvalue weighted by atomic mass is 16.6. The Hall–Kier alpha value is -0.920. The highest BCUT2D eigenvalue weighted by Crippen LogP contribution is 2.12. The fourth-order valence-corrected chi connectivity index (χ4v) is 6.83. The molecular formula is C58H118O23. The van der Waals surface area contributed by atoms with Gasteiger partial charge in [-0.05, 0) is 6.42 Å². The van der Waals surface area contributed by atoms with Crippen LogP contribution in [0.1, 0.15) is 84.0 Å². The summed E-state index contributed by atoms with van der Waals surface area (Å²) < 4.78 is 121. The van der Waals surface area contributed by atoms with Gasteiger partial charge in [-0.15, -0.1) is 0 Å². The quantitative estimate of drug-likeness (QED) is 0.0788. The Morgan fingerprint density at radius 3 is 0.383 bits per heavy atom. The summed E-state index contributed by atoms with van der Waals surface area (Å²) in [5.41, 5.74) is 0. The fraction of sp³-hybridized carbons (Fsp3) is 1.00. The van der Waals surface area contributed by atoms with Gasteiger partial charge in [0.05, 0.1) is 291 Å². The van der Waals surface area contributed by atoms with E-state index >= 15 is 0 Å². The van der Waals surface area contributed by atoms with Gasteiger partial charge in [0.1, 0.15) is 0 Å². The molecule has 81 heavy (non-hydrogen) atoms. The van der Waals surface area contributed by atoms with Crippen molar-refractivity contribution in [3.8, 4) is 0 Å². The zero-order chi connectivity index (χ0) is 57.9. The smallest absolute Gasteiger partial charge is 0.0701 e. The second-order valence-electron chi connectivity index (χ2n) is 18.1. The third-order valence-corrected chi connectivity index (χ3v) is 11.2. The molecule has 23 heteroatoms. The van der Waals surface area contributed by atoms with Crippen LogP contribution in [0.15, 0.2) is 0 Å². The summed E-state index contributed by atoms with van der Waals surface area (Å²) in [6.45, 7) is 24.6. The standard InChI is InChI=1S/C58H118O23/c1-2-3-4-5-6-7-8-9-10-11-12-13-15-60-17-19-62-21-23-64-25-27-66-29-31-68-33-35-70-37-39-72-41-43-74-45-47-76-49-51-78-53-55-80-57-58-81-56-54-79-52-50-77-48-46-75-44-42-73-40-38-71-36-34-69-32-30-67-28-26-65-24-22-63-20-18-61-16-14-59/h59H,2-58H2,1H3. The van der Waals surface area contributed by atoms with E-state index in [0.717, 1.165) is 13.0 Å². The van der Waals surface area contributed by atoms with Gasteiger partial charge in [-0.25, -0.2) is 0 Å². The summed E-state index contributed by atoms with van der Waals surface area (Å²) in [6.07, 6.45) is 16.3. The zero-order valence-electron chi connectivity index (χ0n) is 50.7. The molecule has 0 amide bonds. The van der Waals surface area contributed by atoms with Crippen LogP contribution in [0.3, 0.4) is 0 Å². The molecule has 23 nitrogen and oxygen atoms in total. The van der Waals surface area contributed by atoms with Gasteiger partial charge in [-0.3, -0.25) is 0 Å². The van der Waals surface area contributed by atoms with Crippen LogP contribution >= 0.6 is 0 Å². The first-order chi connectivity index (χ1) is 40.4. The van der Waals surface area contributed by atoms with E-state index in [1.807, 2.05) is 0 Å². The molecule has 0 aliphatic rings. The maximum Gasteiger partial charge on any atom is 0.0701 e.